The van der Waals surface area contributed by atoms with Gasteiger partial charge in [0.15, 0.2) is 0 Å². The number of rotatable bonds is 4. The van der Waals surface area contributed by atoms with Crippen molar-refractivity contribution in [3.05, 3.63) is 71.5 Å². The van der Waals surface area contributed by atoms with E-state index in [4.69, 9.17) is 4.84 Å². The molecule has 1 aliphatic rings. The molecule has 1 aliphatic heterocycles. The van der Waals surface area contributed by atoms with Gasteiger partial charge in [0.2, 0.25) is 6.10 Å². The molecule has 0 saturated carbocycles. The van der Waals surface area contributed by atoms with E-state index in [2.05, 4.69) is 10.5 Å². The largest absolute Gasteiger partial charge is 0.382 e. The summed E-state index contributed by atoms with van der Waals surface area (Å²) >= 11 is 0. The van der Waals surface area contributed by atoms with Crippen molar-refractivity contribution >= 4 is 11.6 Å². The fraction of sp³-hybridized carbons (Fsp3) is 0.222. The molecule has 118 valence electrons. The summed E-state index contributed by atoms with van der Waals surface area (Å²) < 4.78 is 12.9. The summed E-state index contributed by atoms with van der Waals surface area (Å²) in [5.74, 6) is -0.513. The van der Waals surface area contributed by atoms with Gasteiger partial charge in [-0.15, -0.1) is 0 Å². The molecule has 1 heterocycles. The number of nitrogens with one attached hydrogen (secondary N) is 1. The number of halogens is 1. The lowest BCUT2D eigenvalue weighted by atomic mass is 10.0. The molecule has 0 spiro atoms. The molecule has 0 aliphatic carbocycles. The van der Waals surface area contributed by atoms with Crippen LogP contribution >= 0.6 is 0 Å². The van der Waals surface area contributed by atoms with Crippen molar-refractivity contribution in [1.29, 1.82) is 0 Å². The van der Waals surface area contributed by atoms with Gasteiger partial charge in [-0.25, -0.2) is 4.39 Å². The highest BCUT2D eigenvalue weighted by molar-refractivity contribution is 6.04. The molecule has 0 bridgehead atoms. The monoisotopic (exact) mass is 312 g/mol. The average Bonchev–Trinajstić information content (AvgIpc) is 3.06. The molecule has 0 radical (unpaired) electrons. The summed E-state index contributed by atoms with van der Waals surface area (Å²) in [6.45, 7) is 1.92. The molecule has 0 saturated heterocycles. The molecule has 23 heavy (non-hydrogen) atoms. The van der Waals surface area contributed by atoms with Gasteiger partial charge < -0.3 is 10.2 Å². The molecule has 5 heteroatoms. The van der Waals surface area contributed by atoms with E-state index in [1.54, 1.807) is 12.1 Å². The first-order chi connectivity index (χ1) is 11.1. The van der Waals surface area contributed by atoms with Gasteiger partial charge in [-0.1, -0.05) is 47.6 Å². The van der Waals surface area contributed by atoms with Gasteiger partial charge in [-0.3, -0.25) is 4.79 Å². The summed E-state index contributed by atoms with van der Waals surface area (Å²) in [5, 5.41) is 6.87. The van der Waals surface area contributed by atoms with Crippen LogP contribution < -0.4 is 5.32 Å². The quantitative estimate of drug-likeness (QED) is 0.942. The van der Waals surface area contributed by atoms with Crippen LogP contribution in [0.1, 0.15) is 30.5 Å². The molecule has 2 aromatic carbocycles. The molecule has 3 rings (SSSR count). The number of benzene rings is 2. The summed E-state index contributed by atoms with van der Waals surface area (Å²) in [5.41, 5.74) is 2.44. The van der Waals surface area contributed by atoms with Crippen LogP contribution in [-0.2, 0) is 9.63 Å². The smallest absolute Gasteiger partial charge is 0.264 e. The Bertz CT molecular complexity index is 714. The van der Waals surface area contributed by atoms with Gasteiger partial charge in [0.25, 0.3) is 5.91 Å². The Morgan fingerprint density at radius 1 is 1.22 bits per heavy atom. The van der Waals surface area contributed by atoms with Crippen molar-refractivity contribution in [2.45, 2.75) is 25.5 Å². The van der Waals surface area contributed by atoms with Crippen LogP contribution in [0.2, 0.25) is 0 Å². The highest BCUT2D eigenvalue weighted by Gasteiger charge is 2.29. The fourth-order valence-electron chi connectivity index (χ4n) is 2.46. The van der Waals surface area contributed by atoms with Crippen LogP contribution in [0.4, 0.5) is 4.39 Å². The summed E-state index contributed by atoms with van der Waals surface area (Å²) in [4.78, 5) is 17.5. The zero-order valence-electron chi connectivity index (χ0n) is 12.7. The zero-order chi connectivity index (χ0) is 16.2. The van der Waals surface area contributed by atoms with Crippen molar-refractivity contribution in [3.63, 3.8) is 0 Å². The normalized spacial score (nSPS) is 18.0. The van der Waals surface area contributed by atoms with Crippen molar-refractivity contribution in [1.82, 2.24) is 5.32 Å². The molecule has 0 unspecified atom stereocenters. The fourth-order valence-corrected chi connectivity index (χ4v) is 2.46. The average molecular weight is 312 g/mol. The summed E-state index contributed by atoms with van der Waals surface area (Å²) in [6.07, 6.45) is -0.278. The number of nitrogens with zero attached hydrogens (tertiary/aromatic N) is 1. The van der Waals surface area contributed by atoms with E-state index in [1.807, 2.05) is 37.3 Å². The Morgan fingerprint density at radius 3 is 2.61 bits per heavy atom. The Hall–Kier alpha value is -2.69. The highest BCUT2D eigenvalue weighted by atomic mass is 19.1. The maximum atomic E-state index is 12.9. The van der Waals surface area contributed by atoms with Crippen LogP contribution in [0.3, 0.4) is 0 Å². The third kappa shape index (κ3) is 3.56. The number of amides is 1. The standard InChI is InChI=1S/C18H17FN2O2/c1-12(13-5-3-2-4-6-13)20-18(22)17-11-16(21-23-17)14-7-9-15(19)10-8-14/h2-10,12,17H,11H2,1H3,(H,20,22)/t12-,17+/m0/s1. The third-order valence-electron chi connectivity index (χ3n) is 3.80. The molecular formula is C18H17FN2O2. The van der Waals surface area contributed by atoms with Gasteiger partial charge >= 0.3 is 0 Å². The molecule has 2 aromatic rings. The number of oxime groups is 1. The predicted molar refractivity (Wildman–Crippen MR) is 85.4 cm³/mol. The Kier molecular flexibility index (Phi) is 4.37. The van der Waals surface area contributed by atoms with Gasteiger partial charge in [-0.05, 0) is 30.2 Å². The SMILES string of the molecule is C[C@H](NC(=O)[C@H]1CC(c2ccc(F)cc2)=NO1)c1ccccc1. The second kappa shape index (κ2) is 6.60. The van der Waals surface area contributed by atoms with E-state index in [0.717, 1.165) is 11.1 Å². The van der Waals surface area contributed by atoms with E-state index in [0.29, 0.717) is 12.1 Å². The molecule has 4 nitrogen and oxygen atoms in total. The first-order valence-electron chi connectivity index (χ1n) is 7.47. The Balaban J connectivity index is 1.59. The van der Waals surface area contributed by atoms with Gasteiger partial charge in [0.05, 0.1) is 11.8 Å². The zero-order valence-corrected chi connectivity index (χ0v) is 12.7. The lowest BCUT2D eigenvalue weighted by Gasteiger charge is -2.16. The highest BCUT2D eigenvalue weighted by Crippen LogP contribution is 2.19. The molecule has 0 fully saturated rings. The minimum absolute atomic E-state index is 0.109. The lowest BCUT2D eigenvalue weighted by Crippen LogP contribution is -2.36. The van der Waals surface area contributed by atoms with E-state index in [-0.39, 0.29) is 17.8 Å². The van der Waals surface area contributed by atoms with Crippen molar-refractivity contribution in [2.24, 2.45) is 5.16 Å². The van der Waals surface area contributed by atoms with Gasteiger partial charge in [-0.2, -0.15) is 0 Å². The van der Waals surface area contributed by atoms with Crippen molar-refractivity contribution in [2.75, 3.05) is 0 Å². The van der Waals surface area contributed by atoms with E-state index >= 15 is 0 Å². The van der Waals surface area contributed by atoms with Crippen LogP contribution in [0.25, 0.3) is 0 Å². The topological polar surface area (TPSA) is 50.7 Å². The first kappa shape index (κ1) is 15.2. The predicted octanol–water partition coefficient (Wildman–Crippen LogP) is 3.20. The molecule has 0 aromatic heterocycles. The Labute approximate surface area is 134 Å². The second-order valence-electron chi connectivity index (χ2n) is 5.48. The van der Waals surface area contributed by atoms with Gasteiger partial charge in [0.1, 0.15) is 5.82 Å². The molecule has 2 atom stereocenters. The van der Waals surface area contributed by atoms with E-state index in [1.165, 1.54) is 12.1 Å². The molecule has 1 amide bonds. The van der Waals surface area contributed by atoms with E-state index in [9.17, 15) is 9.18 Å². The minimum atomic E-state index is -0.652. The minimum Gasteiger partial charge on any atom is -0.382 e. The summed E-state index contributed by atoms with van der Waals surface area (Å²) in [6, 6.07) is 15.6. The van der Waals surface area contributed by atoms with Crippen molar-refractivity contribution in [3.8, 4) is 0 Å². The maximum Gasteiger partial charge on any atom is 0.264 e. The molecular weight excluding hydrogens is 295 g/mol. The summed E-state index contributed by atoms with van der Waals surface area (Å²) in [7, 11) is 0. The lowest BCUT2D eigenvalue weighted by molar-refractivity contribution is -0.131. The maximum absolute atomic E-state index is 12.9. The van der Waals surface area contributed by atoms with Crippen LogP contribution in [-0.4, -0.2) is 17.7 Å². The Morgan fingerprint density at radius 2 is 1.91 bits per heavy atom. The van der Waals surface area contributed by atoms with Crippen LogP contribution in [0, 0.1) is 5.82 Å². The third-order valence-corrected chi connectivity index (χ3v) is 3.80. The van der Waals surface area contributed by atoms with Gasteiger partial charge in [0, 0.05) is 6.42 Å². The molecule has 1 N–H and O–H groups in total. The van der Waals surface area contributed by atoms with Crippen molar-refractivity contribution < 1.29 is 14.0 Å². The number of carbonyl (C=O) groups is 1. The second-order valence-corrected chi connectivity index (χ2v) is 5.48. The first-order valence-corrected chi connectivity index (χ1v) is 7.47. The van der Waals surface area contributed by atoms with Crippen LogP contribution in [0.15, 0.2) is 59.8 Å². The number of carbonyl (C=O) groups excluding carboxylic acids is 1. The van der Waals surface area contributed by atoms with E-state index < -0.39 is 6.10 Å². The number of hydrogen-bond donors (Lipinski definition) is 1. The van der Waals surface area contributed by atoms with Crippen LogP contribution in [0.5, 0.6) is 0 Å². The number of hydrogen-bond acceptors (Lipinski definition) is 3.